The van der Waals surface area contributed by atoms with Crippen LogP contribution < -0.4 is 10.5 Å². The van der Waals surface area contributed by atoms with Crippen LogP contribution in [0.2, 0.25) is 0 Å². The molecule has 124 valence electrons. The number of aliphatic hydroxyl groups is 1. The monoisotopic (exact) mass is 320 g/mol. The fourth-order valence-corrected chi connectivity index (χ4v) is 1.80. The maximum atomic E-state index is 12.8. The quantitative estimate of drug-likeness (QED) is 0.793. The summed E-state index contributed by atoms with van der Waals surface area (Å²) in [5.74, 6) is -0.609. The van der Waals surface area contributed by atoms with E-state index >= 15 is 0 Å². The van der Waals surface area contributed by atoms with E-state index < -0.39 is 17.8 Å². The molecule has 1 atom stereocenters. The van der Waals surface area contributed by atoms with Crippen molar-refractivity contribution in [3.8, 4) is 5.75 Å². The van der Waals surface area contributed by atoms with Gasteiger partial charge < -0.3 is 20.5 Å². The summed E-state index contributed by atoms with van der Waals surface area (Å²) in [6.07, 6.45) is -5.50. The van der Waals surface area contributed by atoms with E-state index in [1.165, 1.54) is 30.1 Å². The smallest absolute Gasteiger partial charge is 0.419 e. The van der Waals surface area contributed by atoms with Crippen LogP contribution in [-0.4, -0.2) is 48.8 Å². The van der Waals surface area contributed by atoms with Crippen molar-refractivity contribution in [1.29, 1.82) is 0 Å². The van der Waals surface area contributed by atoms with E-state index in [1.807, 2.05) is 0 Å². The van der Waals surface area contributed by atoms with Crippen molar-refractivity contribution in [1.82, 2.24) is 4.90 Å². The van der Waals surface area contributed by atoms with Crippen molar-refractivity contribution in [3.05, 3.63) is 29.8 Å². The summed E-state index contributed by atoms with van der Waals surface area (Å²) in [4.78, 5) is 12.7. The first-order chi connectivity index (χ1) is 10.3. The zero-order valence-electron chi connectivity index (χ0n) is 12.1. The number of amides is 1. The van der Waals surface area contributed by atoms with E-state index in [2.05, 4.69) is 0 Å². The highest BCUT2D eigenvalue weighted by Crippen LogP contribution is 2.35. The van der Waals surface area contributed by atoms with Crippen molar-refractivity contribution in [2.45, 2.75) is 18.7 Å². The Bertz CT molecular complexity index is 494. The summed E-state index contributed by atoms with van der Waals surface area (Å²) < 4.78 is 43.3. The molecule has 1 aromatic carbocycles. The number of ether oxygens (including phenoxy) is 1. The van der Waals surface area contributed by atoms with Gasteiger partial charge in [-0.15, -0.1) is 0 Å². The average molecular weight is 320 g/mol. The minimum atomic E-state index is -4.53. The normalized spacial score (nSPS) is 12.8. The molecule has 0 radical (unpaired) electrons. The number of para-hydroxylation sites is 1. The molecule has 0 saturated heterocycles. The highest BCUT2D eigenvalue weighted by molar-refractivity contribution is 5.76. The predicted octanol–water partition coefficient (Wildman–Crippen LogP) is 1.25. The zero-order valence-corrected chi connectivity index (χ0v) is 12.1. The zero-order chi connectivity index (χ0) is 16.8. The molecule has 0 aliphatic heterocycles. The van der Waals surface area contributed by atoms with E-state index in [4.69, 9.17) is 10.5 Å². The number of benzene rings is 1. The molecule has 0 aromatic heterocycles. The average Bonchev–Trinajstić information content (AvgIpc) is 2.44. The standard InChI is InChI=1S/C14H19F3N2O3/c1-19(13(21)6-7-18)8-10(20)9-22-12-5-3-2-4-11(12)14(15,16)17/h2-5,10,20H,6-9,18H2,1H3. The van der Waals surface area contributed by atoms with E-state index in [0.717, 1.165) is 6.07 Å². The number of likely N-dealkylation sites (N-methyl/N-ethyl adjacent to an activating group) is 1. The second-order valence-corrected chi connectivity index (χ2v) is 4.77. The van der Waals surface area contributed by atoms with Crippen LogP contribution >= 0.6 is 0 Å². The van der Waals surface area contributed by atoms with Crippen molar-refractivity contribution < 1.29 is 27.8 Å². The largest absolute Gasteiger partial charge is 0.490 e. The van der Waals surface area contributed by atoms with Crippen LogP contribution in [0, 0.1) is 0 Å². The van der Waals surface area contributed by atoms with Crippen LogP contribution in [0.15, 0.2) is 24.3 Å². The Labute approximate surface area is 126 Å². The molecule has 0 saturated carbocycles. The Morgan fingerprint density at radius 1 is 1.41 bits per heavy atom. The van der Waals surface area contributed by atoms with Crippen molar-refractivity contribution >= 4 is 5.91 Å². The molecule has 8 heteroatoms. The molecular weight excluding hydrogens is 301 g/mol. The summed E-state index contributed by atoms with van der Waals surface area (Å²) in [7, 11) is 1.48. The number of hydrogen-bond donors (Lipinski definition) is 2. The fraction of sp³-hybridized carbons (Fsp3) is 0.500. The van der Waals surface area contributed by atoms with Crippen molar-refractivity contribution in [3.63, 3.8) is 0 Å². The number of halogens is 3. The molecule has 0 fully saturated rings. The number of hydrogen-bond acceptors (Lipinski definition) is 4. The van der Waals surface area contributed by atoms with Gasteiger partial charge in [0.2, 0.25) is 5.91 Å². The maximum absolute atomic E-state index is 12.8. The summed E-state index contributed by atoms with van der Waals surface area (Å²) in [6, 6.07) is 4.75. The Kier molecular flexibility index (Phi) is 6.63. The SMILES string of the molecule is CN(CC(O)COc1ccccc1C(F)(F)F)C(=O)CCN. The minimum Gasteiger partial charge on any atom is -0.490 e. The number of nitrogens with two attached hydrogens (primary N) is 1. The number of nitrogens with zero attached hydrogens (tertiary/aromatic N) is 1. The number of carbonyl (C=O) groups is 1. The predicted molar refractivity (Wildman–Crippen MR) is 74.3 cm³/mol. The van der Waals surface area contributed by atoms with Gasteiger partial charge in [-0.1, -0.05) is 12.1 Å². The molecule has 1 amide bonds. The van der Waals surface area contributed by atoms with Gasteiger partial charge in [0.1, 0.15) is 18.5 Å². The maximum Gasteiger partial charge on any atom is 0.419 e. The second-order valence-electron chi connectivity index (χ2n) is 4.77. The van der Waals surface area contributed by atoms with Crippen LogP contribution in [0.25, 0.3) is 0 Å². The number of carbonyl (C=O) groups excluding carboxylic acids is 1. The number of rotatable bonds is 7. The number of aliphatic hydroxyl groups excluding tert-OH is 1. The molecule has 1 unspecified atom stereocenters. The Morgan fingerprint density at radius 3 is 2.64 bits per heavy atom. The van der Waals surface area contributed by atoms with Crippen LogP contribution in [0.5, 0.6) is 5.75 Å². The van der Waals surface area contributed by atoms with E-state index in [1.54, 1.807) is 0 Å². The van der Waals surface area contributed by atoms with Crippen molar-refractivity contribution in [2.75, 3.05) is 26.7 Å². The molecule has 22 heavy (non-hydrogen) atoms. The lowest BCUT2D eigenvalue weighted by atomic mass is 10.2. The Hall–Kier alpha value is -1.80. The lowest BCUT2D eigenvalue weighted by Crippen LogP contribution is -2.37. The van der Waals surface area contributed by atoms with Gasteiger partial charge in [0.15, 0.2) is 0 Å². The van der Waals surface area contributed by atoms with Crippen LogP contribution in [0.4, 0.5) is 13.2 Å². The second kappa shape index (κ2) is 8.00. The van der Waals surface area contributed by atoms with Gasteiger partial charge >= 0.3 is 6.18 Å². The summed E-state index contributed by atoms with van der Waals surface area (Å²) in [5, 5.41) is 9.76. The van der Waals surface area contributed by atoms with Gasteiger partial charge in [-0.25, -0.2) is 0 Å². The first kappa shape index (κ1) is 18.2. The molecule has 0 spiro atoms. The van der Waals surface area contributed by atoms with Crippen LogP contribution in [-0.2, 0) is 11.0 Å². The minimum absolute atomic E-state index is 0.0486. The first-order valence-corrected chi connectivity index (χ1v) is 6.66. The molecule has 1 aromatic rings. The summed E-state index contributed by atoms with van der Waals surface area (Å²) >= 11 is 0. The molecule has 1 rings (SSSR count). The van der Waals surface area contributed by atoms with Gasteiger partial charge in [0.25, 0.3) is 0 Å². The summed E-state index contributed by atoms with van der Waals surface area (Å²) in [5.41, 5.74) is 4.34. The Morgan fingerprint density at radius 2 is 2.05 bits per heavy atom. The van der Waals surface area contributed by atoms with Gasteiger partial charge in [-0.05, 0) is 12.1 Å². The van der Waals surface area contributed by atoms with Crippen molar-refractivity contribution in [2.24, 2.45) is 5.73 Å². The fourth-order valence-electron chi connectivity index (χ4n) is 1.80. The lowest BCUT2D eigenvalue weighted by Gasteiger charge is -2.21. The van der Waals surface area contributed by atoms with Gasteiger partial charge in [-0.2, -0.15) is 13.2 Å². The Balaban J connectivity index is 2.58. The molecule has 3 N–H and O–H groups in total. The topological polar surface area (TPSA) is 75.8 Å². The third-order valence-corrected chi connectivity index (χ3v) is 2.89. The summed E-state index contributed by atoms with van der Waals surface area (Å²) in [6.45, 7) is -0.213. The van der Waals surface area contributed by atoms with E-state index in [9.17, 15) is 23.1 Å². The third-order valence-electron chi connectivity index (χ3n) is 2.89. The molecule has 0 aliphatic rings. The first-order valence-electron chi connectivity index (χ1n) is 6.66. The van der Waals surface area contributed by atoms with Crippen LogP contribution in [0.1, 0.15) is 12.0 Å². The van der Waals surface area contributed by atoms with Crippen LogP contribution in [0.3, 0.4) is 0 Å². The molecule has 0 aliphatic carbocycles. The van der Waals surface area contributed by atoms with Gasteiger partial charge in [-0.3, -0.25) is 4.79 Å². The molecule has 5 nitrogen and oxygen atoms in total. The number of alkyl halides is 3. The van der Waals surface area contributed by atoms with Gasteiger partial charge in [0.05, 0.1) is 5.56 Å². The molecule has 0 bridgehead atoms. The van der Waals surface area contributed by atoms with E-state index in [-0.39, 0.29) is 37.8 Å². The van der Waals surface area contributed by atoms with E-state index in [0.29, 0.717) is 0 Å². The highest BCUT2D eigenvalue weighted by atomic mass is 19.4. The third kappa shape index (κ3) is 5.53. The van der Waals surface area contributed by atoms with Gasteiger partial charge in [0, 0.05) is 26.6 Å². The molecule has 0 heterocycles. The lowest BCUT2D eigenvalue weighted by molar-refractivity contribution is -0.139. The molecular formula is C14H19F3N2O3. The highest BCUT2D eigenvalue weighted by Gasteiger charge is 2.34.